The summed E-state index contributed by atoms with van der Waals surface area (Å²) < 4.78 is 5.03. The van der Waals surface area contributed by atoms with Crippen molar-refractivity contribution in [2.45, 2.75) is 12.5 Å². The van der Waals surface area contributed by atoms with Gasteiger partial charge in [0, 0.05) is 6.42 Å². The third-order valence-electron chi connectivity index (χ3n) is 2.20. The van der Waals surface area contributed by atoms with E-state index in [2.05, 4.69) is 0 Å². The predicted molar refractivity (Wildman–Crippen MR) is 52.3 cm³/mol. The number of rotatable bonds is 1. The molecule has 0 saturated carbocycles. The van der Waals surface area contributed by atoms with Crippen LogP contribution in [0, 0.1) is 0 Å². The van der Waals surface area contributed by atoms with Crippen LogP contribution in [0.1, 0.15) is 18.1 Å². The van der Waals surface area contributed by atoms with E-state index >= 15 is 0 Å². The molecule has 0 spiro atoms. The van der Waals surface area contributed by atoms with Gasteiger partial charge in [0.25, 0.3) is 0 Å². The van der Waals surface area contributed by atoms with Gasteiger partial charge in [0.05, 0.1) is 6.08 Å². The van der Waals surface area contributed by atoms with Crippen molar-refractivity contribution in [3.63, 3.8) is 0 Å². The smallest absolute Gasteiger partial charge is 0.334 e. The Kier molecular flexibility index (Phi) is 2.33. The first-order valence-corrected chi connectivity index (χ1v) is 4.54. The number of aliphatic hydroxyl groups is 1. The number of phenolic OH excluding ortho intramolecular Hbond substituents is 1. The van der Waals surface area contributed by atoms with E-state index in [1.54, 1.807) is 12.1 Å². The van der Waals surface area contributed by atoms with Gasteiger partial charge < -0.3 is 14.9 Å². The normalized spacial score (nSPS) is 20.7. The van der Waals surface area contributed by atoms with Crippen molar-refractivity contribution in [1.82, 2.24) is 0 Å². The summed E-state index contributed by atoms with van der Waals surface area (Å²) in [7, 11) is 0. The maximum atomic E-state index is 11.0. The molecule has 0 bridgehead atoms. The van der Waals surface area contributed by atoms with Crippen LogP contribution in [-0.2, 0) is 9.53 Å². The molecule has 4 nitrogen and oxygen atoms in total. The highest BCUT2D eigenvalue weighted by Crippen LogP contribution is 2.28. The van der Waals surface area contributed by atoms with E-state index in [1.165, 1.54) is 12.1 Å². The van der Waals surface area contributed by atoms with Crippen LogP contribution >= 0.6 is 0 Å². The number of hydrogen-bond acceptors (Lipinski definition) is 4. The summed E-state index contributed by atoms with van der Waals surface area (Å²) in [5.41, 5.74) is 0.751. The lowest BCUT2D eigenvalue weighted by atomic mass is 10.0. The fraction of sp³-hybridized carbons (Fsp3) is 0.182. The van der Waals surface area contributed by atoms with E-state index in [-0.39, 0.29) is 17.9 Å². The number of cyclic esters (lactones) is 1. The van der Waals surface area contributed by atoms with E-state index in [1.807, 2.05) is 0 Å². The number of phenols is 1. The predicted octanol–water partition coefficient (Wildman–Crippen LogP) is 1.82. The average Bonchev–Trinajstić information content (AvgIpc) is 2.17. The van der Waals surface area contributed by atoms with Crippen molar-refractivity contribution in [3.8, 4) is 5.75 Å². The van der Waals surface area contributed by atoms with Crippen LogP contribution in [-0.4, -0.2) is 16.2 Å². The Balaban J connectivity index is 2.22. The Morgan fingerprint density at radius 1 is 1.20 bits per heavy atom. The Hall–Kier alpha value is -1.97. The van der Waals surface area contributed by atoms with E-state index < -0.39 is 12.1 Å². The monoisotopic (exact) mass is 206 g/mol. The highest BCUT2D eigenvalue weighted by molar-refractivity contribution is 5.83. The van der Waals surface area contributed by atoms with Crippen molar-refractivity contribution in [3.05, 3.63) is 41.7 Å². The Morgan fingerprint density at radius 3 is 2.47 bits per heavy atom. The zero-order valence-electron chi connectivity index (χ0n) is 7.88. The van der Waals surface area contributed by atoms with Crippen molar-refractivity contribution >= 4 is 5.97 Å². The van der Waals surface area contributed by atoms with E-state index in [9.17, 15) is 9.90 Å². The zero-order chi connectivity index (χ0) is 10.8. The lowest BCUT2D eigenvalue weighted by molar-refractivity contribution is -0.145. The third kappa shape index (κ3) is 2.10. The van der Waals surface area contributed by atoms with Gasteiger partial charge in [-0.2, -0.15) is 0 Å². The van der Waals surface area contributed by atoms with Crippen molar-refractivity contribution in [2.75, 3.05) is 0 Å². The van der Waals surface area contributed by atoms with E-state index in [0.717, 1.165) is 11.6 Å². The molecule has 1 aromatic rings. The Labute approximate surface area is 86.4 Å². The summed E-state index contributed by atoms with van der Waals surface area (Å²) in [6.07, 6.45) is 0.871. The van der Waals surface area contributed by atoms with Gasteiger partial charge in [-0.3, -0.25) is 0 Å². The number of hydrogen-bond donors (Lipinski definition) is 2. The summed E-state index contributed by atoms with van der Waals surface area (Å²) >= 11 is 0. The second kappa shape index (κ2) is 3.65. The van der Waals surface area contributed by atoms with Crippen LogP contribution in [0.15, 0.2) is 36.1 Å². The minimum absolute atomic E-state index is 0.0179. The maximum absolute atomic E-state index is 11.0. The molecule has 78 valence electrons. The van der Waals surface area contributed by atoms with Crippen molar-refractivity contribution < 1.29 is 19.7 Å². The zero-order valence-corrected chi connectivity index (χ0v) is 7.88. The third-order valence-corrected chi connectivity index (χ3v) is 2.20. The molecule has 2 rings (SSSR count). The fourth-order valence-corrected chi connectivity index (χ4v) is 1.48. The first-order valence-electron chi connectivity index (χ1n) is 4.54. The minimum atomic E-state index is -0.545. The summed E-state index contributed by atoms with van der Waals surface area (Å²) in [6, 6.07) is 6.34. The standard InChI is InChI=1S/C11H10O4/c12-8-3-1-7(2-4-8)10-5-9(13)6-11(14)15-10/h1-4,6,10,12-13H,5H2/t10-/m0/s1. The summed E-state index contributed by atoms with van der Waals surface area (Å²) in [6.45, 7) is 0. The number of aromatic hydroxyl groups is 1. The van der Waals surface area contributed by atoms with Gasteiger partial charge in [-0.1, -0.05) is 12.1 Å². The van der Waals surface area contributed by atoms with Gasteiger partial charge in [0.1, 0.15) is 17.6 Å². The van der Waals surface area contributed by atoms with Gasteiger partial charge >= 0.3 is 5.97 Å². The molecular formula is C11H10O4. The number of benzene rings is 1. The fourth-order valence-electron chi connectivity index (χ4n) is 1.48. The molecular weight excluding hydrogens is 196 g/mol. The molecule has 0 aromatic heterocycles. The van der Waals surface area contributed by atoms with Gasteiger partial charge in [-0.25, -0.2) is 4.79 Å². The second-order valence-corrected chi connectivity index (χ2v) is 3.36. The molecule has 0 unspecified atom stereocenters. The van der Waals surface area contributed by atoms with Crippen LogP contribution < -0.4 is 0 Å². The largest absolute Gasteiger partial charge is 0.512 e. The summed E-state index contributed by atoms with van der Waals surface area (Å²) in [5.74, 6) is -0.373. The van der Waals surface area contributed by atoms with Crippen molar-refractivity contribution in [2.24, 2.45) is 0 Å². The molecule has 1 aliphatic heterocycles. The molecule has 2 N–H and O–H groups in total. The lowest BCUT2D eigenvalue weighted by Gasteiger charge is -2.20. The maximum Gasteiger partial charge on any atom is 0.334 e. The molecule has 1 aromatic carbocycles. The molecule has 15 heavy (non-hydrogen) atoms. The highest BCUT2D eigenvalue weighted by atomic mass is 16.5. The quantitative estimate of drug-likeness (QED) is 0.688. The molecule has 1 heterocycles. The molecule has 0 saturated heterocycles. The first kappa shape index (κ1) is 9.58. The molecule has 0 fully saturated rings. The van der Waals surface area contributed by atoms with Crippen LogP contribution in [0.5, 0.6) is 5.75 Å². The van der Waals surface area contributed by atoms with Crippen molar-refractivity contribution in [1.29, 1.82) is 0 Å². The number of esters is 1. The average molecular weight is 206 g/mol. The Morgan fingerprint density at radius 2 is 1.87 bits per heavy atom. The number of carbonyl (C=O) groups is 1. The number of ether oxygens (including phenoxy) is 1. The molecule has 0 radical (unpaired) electrons. The summed E-state index contributed by atoms with van der Waals surface area (Å²) in [5, 5.41) is 18.4. The van der Waals surface area contributed by atoms with Crippen LogP contribution in [0.25, 0.3) is 0 Å². The van der Waals surface area contributed by atoms with Gasteiger partial charge in [0.15, 0.2) is 0 Å². The SMILES string of the molecule is O=C1C=C(O)C[C@@H](c2ccc(O)cc2)O1. The number of carbonyl (C=O) groups excluding carboxylic acids is 1. The topological polar surface area (TPSA) is 66.8 Å². The second-order valence-electron chi connectivity index (χ2n) is 3.36. The van der Waals surface area contributed by atoms with E-state index in [0.29, 0.717) is 0 Å². The Bertz CT molecular complexity index is 405. The van der Waals surface area contributed by atoms with Gasteiger partial charge in [0.2, 0.25) is 0 Å². The van der Waals surface area contributed by atoms with Crippen LogP contribution in [0.2, 0.25) is 0 Å². The molecule has 4 heteroatoms. The van der Waals surface area contributed by atoms with Gasteiger partial charge in [-0.05, 0) is 17.7 Å². The molecule has 0 aliphatic carbocycles. The molecule has 0 amide bonds. The van der Waals surface area contributed by atoms with Crippen LogP contribution in [0.3, 0.4) is 0 Å². The van der Waals surface area contributed by atoms with Crippen LogP contribution in [0.4, 0.5) is 0 Å². The molecule has 1 aliphatic rings. The first-order chi connectivity index (χ1) is 7.15. The van der Waals surface area contributed by atoms with E-state index in [4.69, 9.17) is 9.84 Å². The highest BCUT2D eigenvalue weighted by Gasteiger charge is 2.22. The lowest BCUT2D eigenvalue weighted by Crippen LogP contribution is -2.15. The van der Waals surface area contributed by atoms with Gasteiger partial charge in [-0.15, -0.1) is 0 Å². The number of aliphatic hydroxyl groups excluding tert-OH is 1. The summed E-state index contributed by atoms with van der Waals surface area (Å²) in [4.78, 5) is 11.0. The minimum Gasteiger partial charge on any atom is -0.512 e. The molecule has 1 atom stereocenters.